The monoisotopic (exact) mass is 458 g/mol. The Morgan fingerprint density at radius 2 is 1.71 bits per heavy atom. The van der Waals surface area contributed by atoms with E-state index in [1.54, 1.807) is 24.3 Å². The number of hydrogen-bond donors (Lipinski definition) is 2. The van der Waals surface area contributed by atoms with Crippen molar-refractivity contribution in [3.8, 4) is 0 Å². The molecule has 0 spiro atoms. The van der Waals surface area contributed by atoms with Gasteiger partial charge in [0.2, 0.25) is 5.91 Å². The molecule has 3 aromatic carbocycles. The first-order chi connectivity index (χ1) is 16.4. The normalized spacial score (nSPS) is 11.9. The van der Waals surface area contributed by atoms with Gasteiger partial charge in [-0.15, -0.1) is 0 Å². The van der Waals surface area contributed by atoms with Gasteiger partial charge in [-0.1, -0.05) is 42.0 Å². The lowest BCUT2D eigenvalue weighted by molar-refractivity contribution is -0.121. The highest BCUT2D eigenvalue weighted by Crippen LogP contribution is 2.21. The first-order valence-corrected chi connectivity index (χ1v) is 11.2. The molecule has 4 aromatic rings. The number of benzene rings is 3. The smallest absolute Gasteiger partial charge is 0.251 e. The molecule has 0 aliphatic carbocycles. The van der Waals surface area contributed by atoms with Gasteiger partial charge in [-0.3, -0.25) is 9.59 Å². The zero-order valence-corrected chi connectivity index (χ0v) is 19.2. The number of carbonyl (C=O) groups is 2. The molecule has 0 unspecified atom stereocenters. The molecule has 0 aliphatic heterocycles. The molecule has 0 aliphatic rings. The quantitative estimate of drug-likeness (QED) is 0.413. The Balaban J connectivity index is 1.46. The van der Waals surface area contributed by atoms with Crippen molar-refractivity contribution in [2.24, 2.45) is 0 Å². The summed E-state index contributed by atoms with van der Waals surface area (Å²) >= 11 is 0. The summed E-state index contributed by atoms with van der Waals surface area (Å²) in [5.74, 6) is -0.0373. The molecule has 0 saturated carbocycles. The maximum Gasteiger partial charge on any atom is 0.251 e. The Morgan fingerprint density at radius 3 is 2.44 bits per heavy atom. The highest BCUT2D eigenvalue weighted by Gasteiger charge is 2.20. The van der Waals surface area contributed by atoms with E-state index in [0.717, 1.165) is 22.2 Å². The van der Waals surface area contributed by atoms with E-state index >= 15 is 0 Å². The van der Waals surface area contributed by atoms with E-state index in [-0.39, 0.29) is 24.2 Å². The van der Waals surface area contributed by atoms with Gasteiger partial charge in [0.25, 0.3) is 5.91 Å². The van der Waals surface area contributed by atoms with Crippen molar-refractivity contribution >= 4 is 22.8 Å². The third kappa shape index (κ3) is 5.49. The minimum atomic E-state index is -0.409. The highest BCUT2D eigenvalue weighted by molar-refractivity contribution is 5.94. The van der Waals surface area contributed by atoms with Crippen LogP contribution in [0.5, 0.6) is 0 Å². The van der Waals surface area contributed by atoms with Gasteiger partial charge in [0.1, 0.15) is 18.2 Å². The molecule has 0 bridgehead atoms. The van der Waals surface area contributed by atoms with Crippen molar-refractivity contribution in [1.29, 1.82) is 0 Å². The average Bonchev–Trinajstić information content (AvgIpc) is 3.19. The van der Waals surface area contributed by atoms with E-state index in [9.17, 15) is 14.0 Å². The summed E-state index contributed by atoms with van der Waals surface area (Å²) in [7, 11) is 0. The lowest BCUT2D eigenvalue weighted by atomic mass is 10.1. The van der Waals surface area contributed by atoms with Crippen LogP contribution in [0.2, 0.25) is 0 Å². The maximum absolute atomic E-state index is 13.1. The van der Waals surface area contributed by atoms with E-state index in [1.807, 2.05) is 54.8 Å². The van der Waals surface area contributed by atoms with Gasteiger partial charge >= 0.3 is 0 Å². The Bertz CT molecular complexity index is 1300. The number of nitrogens with zero attached hydrogens (tertiary/aromatic N) is 2. The van der Waals surface area contributed by atoms with Crippen LogP contribution in [0.15, 0.2) is 72.8 Å². The maximum atomic E-state index is 13.1. The molecule has 0 radical (unpaired) electrons. The Labute approximate surface area is 197 Å². The molecule has 1 heterocycles. The lowest BCUT2D eigenvalue weighted by Gasteiger charge is -2.16. The zero-order chi connectivity index (χ0) is 24.1. The summed E-state index contributed by atoms with van der Waals surface area (Å²) in [6, 6.07) is 20.8. The molecular weight excluding hydrogens is 431 g/mol. The van der Waals surface area contributed by atoms with E-state index in [1.165, 1.54) is 12.1 Å². The van der Waals surface area contributed by atoms with Crippen LogP contribution in [0.4, 0.5) is 4.39 Å². The minimum absolute atomic E-state index is 0.0734. The standard InChI is InChI=1S/C27H27FN4O2/c1-18-7-11-21(12-8-18)27(34)30-19(2)26-31-23-5-3-4-6-24(23)32(26)17-25(33)29-16-15-20-9-13-22(28)14-10-20/h3-14,19H,15-17H2,1-2H3,(H,29,33)(H,30,34)/t19-/m1/s1. The summed E-state index contributed by atoms with van der Waals surface area (Å²) < 4.78 is 14.9. The molecular formula is C27H27FN4O2. The second-order valence-corrected chi connectivity index (χ2v) is 8.33. The average molecular weight is 459 g/mol. The largest absolute Gasteiger partial charge is 0.354 e. The van der Waals surface area contributed by atoms with Crippen LogP contribution in [0.25, 0.3) is 11.0 Å². The molecule has 4 rings (SSSR count). The van der Waals surface area contributed by atoms with E-state index < -0.39 is 6.04 Å². The van der Waals surface area contributed by atoms with Gasteiger partial charge in [0, 0.05) is 12.1 Å². The van der Waals surface area contributed by atoms with Gasteiger partial charge < -0.3 is 15.2 Å². The second kappa shape index (κ2) is 10.3. The van der Waals surface area contributed by atoms with Crippen LogP contribution < -0.4 is 10.6 Å². The first kappa shape index (κ1) is 23.2. The minimum Gasteiger partial charge on any atom is -0.354 e. The van der Waals surface area contributed by atoms with E-state index in [4.69, 9.17) is 4.98 Å². The van der Waals surface area contributed by atoms with Crippen molar-refractivity contribution in [3.05, 3.63) is 101 Å². The van der Waals surface area contributed by atoms with Crippen molar-refractivity contribution in [1.82, 2.24) is 20.2 Å². The Kier molecular flexibility index (Phi) is 7.01. The molecule has 2 amide bonds. The van der Waals surface area contributed by atoms with Gasteiger partial charge in [0.15, 0.2) is 0 Å². The van der Waals surface area contributed by atoms with Crippen molar-refractivity contribution in [2.75, 3.05) is 6.54 Å². The number of rotatable bonds is 8. The molecule has 0 saturated heterocycles. The van der Waals surface area contributed by atoms with Gasteiger partial charge in [-0.25, -0.2) is 9.37 Å². The molecule has 174 valence electrons. The number of imidazole rings is 1. The predicted octanol–water partition coefficient (Wildman–Crippen LogP) is 4.33. The van der Waals surface area contributed by atoms with Crippen LogP contribution in [0.1, 0.15) is 40.3 Å². The van der Waals surface area contributed by atoms with Crippen LogP contribution in [-0.4, -0.2) is 27.9 Å². The van der Waals surface area contributed by atoms with Crippen LogP contribution in [-0.2, 0) is 17.8 Å². The lowest BCUT2D eigenvalue weighted by Crippen LogP contribution is -2.32. The van der Waals surface area contributed by atoms with E-state index in [2.05, 4.69) is 10.6 Å². The van der Waals surface area contributed by atoms with Crippen molar-refractivity contribution < 1.29 is 14.0 Å². The fourth-order valence-electron chi connectivity index (χ4n) is 3.84. The Hall–Kier alpha value is -4.00. The summed E-state index contributed by atoms with van der Waals surface area (Å²) in [5.41, 5.74) is 4.18. The SMILES string of the molecule is Cc1ccc(C(=O)N[C@H](C)c2nc3ccccc3n2CC(=O)NCCc2ccc(F)cc2)cc1. The van der Waals surface area contributed by atoms with E-state index in [0.29, 0.717) is 24.4 Å². The molecule has 1 aromatic heterocycles. The number of para-hydroxylation sites is 2. The number of aromatic nitrogens is 2. The number of fused-ring (bicyclic) bond motifs is 1. The number of aryl methyl sites for hydroxylation is 1. The third-order valence-electron chi connectivity index (χ3n) is 5.68. The number of amides is 2. The topological polar surface area (TPSA) is 76.0 Å². The summed E-state index contributed by atoms with van der Waals surface area (Å²) in [5, 5.41) is 5.91. The van der Waals surface area contributed by atoms with Crippen LogP contribution >= 0.6 is 0 Å². The van der Waals surface area contributed by atoms with Gasteiger partial charge in [-0.05, 0) is 62.2 Å². The second-order valence-electron chi connectivity index (χ2n) is 8.33. The van der Waals surface area contributed by atoms with Crippen molar-refractivity contribution in [2.45, 2.75) is 32.9 Å². The fourth-order valence-corrected chi connectivity index (χ4v) is 3.84. The Morgan fingerprint density at radius 1 is 1.00 bits per heavy atom. The number of carbonyl (C=O) groups excluding carboxylic acids is 2. The number of nitrogens with one attached hydrogen (secondary N) is 2. The number of halogens is 1. The molecule has 0 fully saturated rings. The summed E-state index contributed by atoms with van der Waals surface area (Å²) in [4.78, 5) is 30.2. The van der Waals surface area contributed by atoms with Gasteiger partial charge in [-0.2, -0.15) is 0 Å². The van der Waals surface area contributed by atoms with Crippen molar-refractivity contribution in [3.63, 3.8) is 0 Å². The van der Waals surface area contributed by atoms with Crippen LogP contribution in [0, 0.1) is 12.7 Å². The third-order valence-corrected chi connectivity index (χ3v) is 5.68. The molecule has 6 nitrogen and oxygen atoms in total. The predicted molar refractivity (Wildman–Crippen MR) is 130 cm³/mol. The summed E-state index contributed by atoms with van der Waals surface area (Å²) in [6.45, 7) is 4.34. The van der Waals surface area contributed by atoms with Gasteiger partial charge in [0.05, 0.1) is 17.1 Å². The zero-order valence-electron chi connectivity index (χ0n) is 19.2. The molecule has 2 N–H and O–H groups in total. The molecule has 1 atom stereocenters. The fraction of sp³-hybridized carbons (Fsp3) is 0.222. The summed E-state index contributed by atoms with van der Waals surface area (Å²) in [6.07, 6.45) is 0.604. The highest BCUT2D eigenvalue weighted by atomic mass is 19.1. The van der Waals surface area contributed by atoms with Crippen LogP contribution in [0.3, 0.4) is 0 Å². The first-order valence-electron chi connectivity index (χ1n) is 11.2. The molecule has 7 heteroatoms. The molecule has 34 heavy (non-hydrogen) atoms. The number of hydrogen-bond acceptors (Lipinski definition) is 3.